The van der Waals surface area contributed by atoms with Crippen molar-refractivity contribution in [2.24, 2.45) is 0 Å². The molecule has 1 aliphatic rings. The van der Waals surface area contributed by atoms with Gasteiger partial charge in [0.15, 0.2) is 12.1 Å². The molecule has 2 aromatic rings. The molecule has 0 aromatic carbocycles. The van der Waals surface area contributed by atoms with E-state index in [0.29, 0.717) is 11.7 Å². The van der Waals surface area contributed by atoms with E-state index in [1.165, 1.54) is 19.3 Å². The maximum absolute atomic E-state index is 11.2. The molecule has 4 nitrogen and oxygen atoms in total. The van der Waals surface area contributed by atoms with Crippen molar-refractivity contribution in [1.82, 2.24) is 9.38 Å². The minimum Gasteiger partial charge on any atom is -0.355 e. The largest absolute Gasteiger partial charge is 0.355 e. The SMILES string of the molecule is CN(c1nc2ccccn2c1C=O)C1CCC1. The van der Waals surface area contributed by atoms with Crippen LogP contribution in [0.15, 0.2) is 24.4 Å². The zero-order chi connectivity index (χ0) is 11.8. The van der Waals surface area contributed by atoms with Crippen molar-refractivity contribution in [3.05, 3.63) is 30.1 Å². The molecular weight excluding hydrogens is 214 g/mol. The van der Waals surface area contributed by atoms with Crippen LogP contribution in [-0.2, 0) is 0 Å². The van der Waals surface area contributed by atoms with Crippen LogP contribution in [0.2, 0.25) is 0 Å². The zero-order valence-electron chi connectivity index (χ0n) is 9.84. The molecule has 4 heteroatoms. The second-order valence-corrected chi connectivity index (χ2v) is 4.56. The second kappa shape index (κ2) is 3.87. The van der Waals surface area contributed by atoms with Crippen molar-refractivity contribution >= 4 is 17.8 Å². The molecule has 0 atom stereocenters. The molecule has 0 unspecified atom stereocenters. The van der Waals surface area contributed by atoms with Crippen LogP contribution in [0.1, 0.15) is 29.8 Å². The van der Waals surface area contributed by atoms with Crippen LogP contribution in [0.4, 0.5) is 5.82 Å². The van der Waals surface area contributed by atoms with Crippen LogP contribution in [-0.4, -0.2) is 28.8 Å². The normalized spacial score (nSPS) is 15.8. The third-order valence-corrected chi connectivity index (χ3v) is 3.62. The van der Waals surface area contributed by atoms with E-state index >= 15 is 0 Å². The first kappa shape index (κ1) is 10.3. The number of hydrogen-bond acceptors (Lipinski definition) is 3. The summed E-state index contributed by atoms with van der Waals surface area (Å²) < 4.78 is 1.84. The van der Waals surface area contributed by atoms with Crippen molar-refractivity contribution in [2.75, 3.05) is 11.9 Å². The minimum absolute atomic E-state index is 0.540. The number of fused-ring (bicyclic) bond motifs is 1. The van der Waals surface area contributed by atoms with Crippen molar-refractivity contribution < 1.29 is 4.79 Å². The summed E-state index contributed by atoms with van der Waals surface area (Å²) in [4.78, 5) is 17.9. The maximum Gasteiger partial charge on any atom is 0.170 e. The second-order valence-electron chi connectivity index (χ2n) is 4.56. The average molecular weight is 229 g/mol. The lowest BCUT2D eigenvalue weighted by Gasteiger charge is -2.35. The van der Waals surface area contributed by atoms with Gasteiger partial charge in [-0.1, -0.05) is 6.07 Å². The van der Waals surface area contributed by atoms with Gasteiger partial charge in [0.25, 0.3) is 0 Å². The number of carbonyl (C=O) groups is 1. The van der Waals surface area contributed by atoms with E-state index in [2.05, 4.69) is 9.88 Å². The molecule has 1 aliphatic carbocycles. The first-order valence-corrected chi connectivity index (χ1v) is 5.96. The van der Waals surface area contributed by atoms with Gasteiger partial charge in [-0.15, -0.1) is 0 Å². The van der Waals surface area contributed by atoms with Crippen LogP contribution in [0.3, 0.4) is 0 Å². The Labute approximate surface area is 99.9 Å². The monoisotopic (exact) mass is 229 g/mol. The Balaban J connectivity index is 2.11. The van der Waals surface area contributed by atoms with Crippen LogP contribution in [0, 0.1) is 0 Å². The van der Waals surface area contributed by atoms with Gasteiger partial charge in [-0.2, -0.15) is 0 Å². The summed E-state index contributed by atoms with van der Waals surface area (Å²) in [6, 6.07) is 6.31. The van der Waals surface area contributed by atoms with Crippen molar-refractivity contribution in [3.8, 4) is 0 Å². The molecule has 0 radical (unpaired) electrons. The summed E-state index contributed by atoms with van der Waals surface area (Å²) in [7, 11) is 2.03. The van der Waals surface area contributed by atoms with E-state index in [-0.39, 0.29) is 0 Å². The fraction of sp³-hybridized carbons (Fsp3) is 0.385. The number of imidazole rings is 1. The van der Waals surface area contributed by atoms with E-state index in [0.717, 1.165) is 17.8 Å². The smallest absolute Gasteiger partial charge is 0.170 e. The summed E-state index contributed by atoms with van der Waals surface area (Å²) in [6.07, 6.45) is 6.44. The summed E-state index contributed by atoms with van der Waals surface area (Å²) in [5.41, 5.74) is 1.48. The van der Waals surface area contributed by atoms with E-state index in [9.17, 15) is 4.79 Å². The van der Waals surface area contributed by atoms with Gasteiger partial charge in [-0.05, 0) is 31.4 Å². The molecule has 1 fully saturated rings. The molecule has 0 spiro atoms. The molecule has 17 heavy (non-hydrogen) atoms. The standard InChI is InChI=1S/C13H15N3O/c1-15(10-5-4-6-10)13-11(9-17)16-8-3-2-7-12(16)14-13/h2-3,7-10H,4-6H2,1H3. The lowest BCUT2D eigenvalue weighted by molar-refractivity contribution is 0.111. The topological polar surface area (TPSA) is 37.6 Å². The number of carbonyl (C=O) groups excluding carboxylic acids is 1. The predicted molar refractivity (Wildman–Crippen MR) is 66.6 cm³/mol. The first-order valence-electron chi connectivity index (χ1n) is 5.96. The highest BCUT2D eigenvalue weighted by atomic mass is 16.1. The molecule has 2 aromatic heterocycles. The highest BCUT2D eigenvalue weighted by Gasteiger charge is 2.26. The Morgan fingerprint density at radius 1 is 1.47 bits per heavy atom. The maximum atomic E-state index is 11.2. The molecular formula is C13H15N3O. The summed E-state index contributed by atoms with van der Waals surface area (Å²) in [5, 5.41) is 0. The zero-order valence-corrected chi connectivity index (χ0v) is 9.84. The lowest BCUT2D eigenvalue weighted by Crippen LogP contribution is -2.37. The lowest BCUT2D eigenvalue weighted by atomic mass is 9.92. The Morgan fingerprint density at radius 2 is 2.29 bits per heavy atom. The summed E-state index contributed by atoms with van der Waals surface area (Å²) in [6.45, 7) is 0. The highest BCUT2D eigenvalue weighted by molar-refractivity contribution is 5.83. The van der Waals surface area contributed by atoms with Crippen LogP contribution in [0.5, 0.6) is 0 Å². The van der Waals surface area contributed by atoms with Gasteiger partial charge < -0.3 is 4.90 Å². The number of pyridine rings is 1. The third kappa shape index (κ3) is 1.52. The molecule has 0 aliphatic heterocycles. The molecule has 0 amide bonds. The molecule has 0 saturated heterocycles. The molecule has 0 bridgehead atoms. The van der Waals surface area contributed by atoms with E-state index in [4.69, 9.17) is 0 Å². The average Bonchev–Trinajstić information content (AvgIpc) is 2.64. The molecule has 2 heterocycles. The minimum atomic E-state index is 0.540. The van der Waals surface area contributed by atoms with Gasteiger partial charge in [0.05, 0.1) is 0 Å². The van der Waals surface area contributed by atoms with Crippen LogP contribution < -0.4 is 4.90 Å². The van der Waals surface area contributed by atoms with E-state index in [1.807, 2.05) is 35.8 Å². The Hall–Kier alpha value is -1.84. The van der Waals surface area contributed by atoms with E-state index < -0.39 is 0 Å². The molecule has 3 rings (SSSR count). The van der Waals surface area contributed by atoms with Crippen molar-refractivity contribution in [3.63, 3.8) is 0 Å². The number of aldehydes is 1. The van der Waals surface area contributed by atoms with Gasteiger partial charge in [0, 0.05) is 19.3 Å². The molecule has 1 saturated carbocycles. The number of rotatable bonds is 3. The predicted octanol–water partition coefficient (Wildman–Crippen LogP) is 2.14. The quantitative estimate of drug-likeness (QED) is 0.757. The third-order valence-electron chi connectivity index (χ3n) is 3.62. The first-order chi connectivity index (χ1) is 8.31. The number of nitrogens with zero attached hydrogens (tertiary/aromatic N) is 3. The summed E-state index contributed by atoms with van der Waals surface area (Å²) >= 11 is 0. The van der Waals surface area contributed by atoms with Gasteiger partial charge in [0.1, 0.15) is 11.3 Å². The van der Waals surface area contributed by atoms with Crippen LogP contribution in [0.25, 0.3) is 5.65 Å². The Morgan fingerprint density at radius 3 is 2.94 bits per heavy atom. The van der Waals surface area contributed by atoms with Gasteiger partial charge >= 0.3 is 0 Å². The fourth-order valence-corrected chi connectivity index (χ4v) is 2.32. The van der Waals surface area contributed by atoms with Crippen molar-refractivity contribution in [1.29, 1.82) is 0 Å². The highest BCUT2D eigenvalue weighted by Crippen LogP contribution is 2.29. The van der Waals surface area contributed by atoms with E-state index in [1.54, 1.807) is 0 Å². The van der Waals surface area contributed by atoms with Crippen LogP contribution >= 0.6 is 0 Å². The van der Waals surface area contributed by atoms with Gasteiger partial charge in [-0.3, -0.25) is 9.20 Å². The number of hydrogen-bond donors (Lipinski definition) is 0. The van der Waals surface area contributed by atoms with Gasteiger partial charge in [-0.25, -0.2) is 4.98 Å². The molecule has 0 N–H and O–H groups in total. The Kier molecular flexibility index (Phi) is 2.35. The number of aromatic nitrogens is 2. The molecule has 88 valence electrons. The summed E-state index contributed by atoms with van der Waals surface area (Å²) in [5.74, 6) is 0.802. The Bertz CT molecular complexity index is 557. The number of anilines is 1. The fourth-order valence-electron chi connectivity index (χ4n) is 2.32. The van der Waals surface area contributed by atoms with Gasteiger partial charge in [0.2, 0.25) is 0 Å². The van der Waals surface area contributed by atoms with Crippen molar-refractivity contribution in [2.45, 2.75) is 25.3 Å².